The van der Waals surface area contributed by atoms with Crippen molar-refractivity contribution in [3.8, 4) is 0 Å². The van der Waals surface area contributed by atoms with Gasteiger partial charge in [-0.2, -0.15) is 0 Å². The lowest BCUT2D eigenvalue weighted by Crippen LogP contribution is -2.58. The Balaban J connectivity index is 2.13. The highest BCUT2D eigenvalue weighted by atomic mass is 16.4. The molecule has 2 aliphatic rings. The van der Waals surface area contributed by atoms with Crippen molar-refractivity contribution in [2.75, 3.05) is 13.1 Å². The zero-order valence-corrected chi connectivity index (χ0v) is 11.1. The molecule has 17 heavy (non-hydrogen) atoms. The number of hydrogen-bond donors (Lipinski definition) is 1. The summed E-state index contributed by atoms with van der Waals surface area (Å²) in [6.07, 6.45) is 6.27. The Morgan fingerprint density at radius 3 is 2.35 bits per heavy atom. The van der Waals surface area contributed by atoms with E-state index in [2.05, 4.69) is 18.7 Å². The van der Waals surface area contributed by atoms with Crippen LogP contribution < -0.4 is 0 Å². The van der Waals surface area contributed by atoms with Gasteiger partial charge in [0.1, 0.15) is 5.54 Å². The van der Waals surface area contributed by atoms with E-state index in [-0.39, 0.29) is 0 Å². The lowest BCUT2D eigenvalue weighted by Gasteiger charge is -2.47. The van der Waals surface area contributed by atoms with Crippen LogP contribution in [0.25, 0.3) is 0 Å². The molecule has 0 aromatic heterocycles. The Kier molecular flexibility index (Phi) is 3.76. The zero-order valence-electron chi connectivity index (χ0n) is 11.1. The fourth-order valence-corrected chi connectivity index (χ4v) is 3.58. The molecule has 3 nitrogen and oxygen atoms in total. The summed E-state index contributed by atoms with van der Waals surface area (Å²) in [6.45, 7) is 6.41. The Morgan fingerprint density at radius 2 is 1.82 bits per heavy atom. The first kappa shape index (κ1) is 12.9. The molecule has 0 bridgehead atoms. The van der Waals surface area contributed by atoms with Gasteiger partial charge < -0.3 is 5.11 Å². The van der Waals surface area contributed by atoms with Crippen LogP contribution in [-0.2, 0) is 4.79 Å². The molecule has 0 aromatic carbocycles. The molecular formula is C14H25NO2. The van der Waals surface area contributed by atoms with Crippen molar-refractivity contribution in [1.82, 2.24) is 4.90 Å². The molecule has 2 fully saturated rings. The zero-order chi connectivity index (χ0) is 12.5. The van der Waals surface area contributed by atoms with E-state index in [0.717, 1.165) is 51.1 Å². The minimum absolute atomic E-state index is 0.544. The van der Waals surface area contributed by atoms with Gasteiger partial charge in [-0.05, 0) is 50.6 Å². The van der Waals surface area contributed by atoms with Crippen molar-refractivity contribution >= 4 is 5.97 Å². The molecule has 2 atom stereocenters. The quantitative estimate of drug-likeness (QED) is 0.805. The molecule has 98 valence electrons. The number of likely N-dealkylation sites (tertiary alicyclic amines) is 1. The first-order chi connectivity index (χ1) is 8.04. The number of piperidine rings is 1. The molecule has 1 saturated carbocycles. The highest BCUT2D eigenvalue weighted by Gasteiger charge is 2.47. The normalized spacial score (nSPS) is 36.9. The van der Waals surface area contributed by atoms with Crippen LogP contribution in [-0.4, -0.2) is 34.6 Å². The van der Waals surface area contributed by atoms with Crippen molar-refractivity contribution < 1.29 is 9.90 Å². The van der Waals surface area contributed by atoms with Gasteiger partial charge in [0.05, 0.1) is 0 Å². The third kappa shape index (κ3) is 2.49. The van der Waals surface area contributed by atoms with Gasteiger partial charge >= 0.3 is 5.97 Å². The van der Waals surface area contributed by atoms with Crippen molar-refractivity contribution in [1.29, 1.82) is 0 Å². The summed E-state index contributed by atoms with van der Waals surface area (Å²) in [7, 11) is 0. The Hall–Kier alpha value is -0.570. The smallest absolute Gasteiger partial charge is 0.324 e. The predicted molar refractivity (Wildman–Crippen MR) is 68.0 cm³/mol. The number of rotatable bonds is 2. The van der Waals surface area contributed by atoms with Gasteiger partial charge in [0.15, 0.2) is 0 Å². The maximum atomic E-state index is 11.8. The number of carboxylic acids is 1. The summed E-state index contributed by atoms with van der Waals surface area (Å²) >= 11 is 0. The second-order valence-corrected chi connectivity index (χ2v) is 6.21. The van der Waals surface area contributed by atoms with Crippen LogP contribution in [0.15, 0.2) is 0 Å². The molecule has 2 rings (SSSR count). The lowest BCUT2D eigenvalue weighted by molar-refractivity contribution is -0.157. The maximum Gasteiger partial charge on any atom is 0.324 e. The molecule has 0 spiro atoms. The summed E-state index contributed by atoms with van der Waals surface area (Å²) in [5.41, 5.74) is -0.544. The van der Waals surface area contributed by atoms with Gasteiger partial charge in [-0.25, -0.2) is 0 Å². The first-order valence-electron chi connectivity index (χ1n) is 7.03. The topological polar surface area (TPSA) is 40.5 Å². The van der Waals surface area contributed by atoms with E-state index in [9.17, 15) is 9.90 Å². The van der Waals surface area contributed by atoms with Gasteiger partial charge in [0.2, 0.25) is 0 Å². The highest BCUT2D eigenvalue weighted by molar-refractivity contribution is 5.79. The monoisotopic (exact) mass is 239 g/mol. The SMILES string of the molecule is CC1CCN(C2(C(=O)O)CCCC(C)C2)CC1. The minimum atomic E-state index is -0.585. The van der Waals surface area contributed by atoms with E-state index in [0.29, 0.717) is 5.92 Å². The molecule has 2 unspecified atom stereocenters. The number of aliphatic carboxylic acids is 1. The molecule has 1 N–H and O–H groups in total. The average molecular weight is 239 g/mol. The fourth-order valence-electron chi connectivity index (χ4n) is 3.58. The number of nitrogens with zero attached hydrogens (tertiary/aromatic N) is 1. The van der Waals surface area contributed by atoms with Gasteiger partial charge in [0.25, 0.3) is 0 Å². The summed E-state index contributed by atoms with van der Waals surface area (Å²) < 4.78 is 0. The molecule has 0 aromatic rings. The van der Waals surface area contributed by atoms with Gasteiger partial charge in [-0.1, -0.05) is 26.7 Å². The molecule has 1 saturated heterocycles. The largest absolute Gasteiger partial charge is 0.480 e. The summed E-state index contributed by atoms with van der Waals surface area (Å²) in [4.78, 5) is 14.0. The van der Waals surface area contributed by atoms with E-state index in [1.807, 2.05) is 0 Å². The summed E-state index contributed by atoms with van der Waals surface area (Å²) in [5, 5.41) is 9.68. The predicted octanol–water partition coefficient (Wildman–Crippen LogP) is 2.75. The maximum absolute atomic E-state index is 11.8. The first-order valence-corrected chi connectivity index (χ1v) is 7.03. The second kappa shape index (κ2) is 4.97. The van der Waals surface area contributed by atoms with Crippen LogP contribution in [0, 0.1) is 11.8 Å². The van der Waals surface area contributed by atoms with Gasteiger partial charge in [-0.3, -0.25) is 9.69 Å². The van der Waals surface area contributed by atoms with E-state index in [1.54, 1.807) is 0 Å². The van der Waals surface area contributed by atoms with E-state index in [1.165, 1.54) is 6.42 Å². The van der Waals surface area contributed by atoms with Crippen LogP contribution >= 0.6 is 0 Å². The third-order valence-corrected chi connectivity index (χ3v) is 4.76. The van der Waals surface area contributed by atoms with Crippen LogP contribution in [0.3, 0.4) is 0 Å². The standard InChI is InChI=1S/C14H25NO2/c1-11-5-8-15(9-6-11)14(13(16)17)7-3-4-12(2)10-14/h11-12H,3-10H2,1-2H3,(H,16,17). The van der Waals surface area contributed by atoms with Crippen LogP contribution in [0.2, 0.25) is 0 Å². The molecule has 0 amide bonds. The molecule has 1 aliphatic carbocycles. The molecule has 0 radical (unpaired) electrons. The van der Waals surface area contributed by atoms with Crippen molar-refractivity contribution in [2.45, 2.75) is 57.9 Å². The van der Waals surface area contributed by atoms with Crippen molar-refractivity contribution in [3.05, 3.63) is 0 Å². The molecule has 1 aliphatic heterocycles. The van der Waals surface area contributed by atoms with Crippen molar-refractivity contribution in [3.63, 3.8) is 0 Å². The Bertz CT molecular complexity index is 284. The minimum Gasteiger partial charge on any atom is -0.480 e. The molecule has 3 heteroatoms. The third-order valence-electron chi connectivity index (χ3n) is 4.76. The summed E-state index contributed by atoms with van der Waals surface area (Å²) in [6, 6.07) is 0. The Morgan fingerprint density at radius 1 is 1.18 bits per heavy atom. The fraction of sp³-hybridized carbons (Fsp3) is 0.929. The Labute approximate surface area is 104 Å². The number of carboxylic acid groups (broad SMARTS) is 1. The van der Waals surface area contributed by atoms with Gasteiger partial charge in [-0.15, -0.1) is 0 Å². The molecular weight excluding hydrogens is 214 g/mol. The summed E-state index contributed by atoms with van der Waals surface area (Å²) in [5.74, 6) is 0.732. The lowest BCUT2D eigenvalue weighted by atomic mass is 9.74. The average Bonchev–Trinajstić information content (AvgIpc) is 2.29. The van der Waals surface area contributed by atoms with E-state index >= 15 is 0 Å². The van der Waals surface area contributed by atoms with E-state index in [4.69, 9.17) is 0 Å². The van der Waals surface area contributed by atoms with Crippen molar-refractivity contribution in [2.24, 2.45) is 11.8 Å². The van der Waals surface area contributed by atoms with Crippen LogP contribution in [0.5, 0.6) is 0 Å². The second-order valence-electron chi connectivity index (χ2n) is 6.21. The number of carbonyl (C=O) groups is 1. The molecule has 1 heterocycles. The van der Waals surface area contributed by atoms with E-state index < -0.39 is 11.5 Å². The number of hydrogen-bond acceptors (Lipinski definition) is 2. The van der Waals surface area contributed by atoms with Gasteiger partial charge in [0, 0.05) is 0 Å². The highest BCUT2D eigenvalue weighted by Crippen LogP contribution is 2.39. The van der Waals surface area contributed by atoms with Crippen LogP contribution in [0.4, 0.5) is 0 Å². The van der Waals surface area contributed by atoms with Crippen LogP contribution in [0.1, 0.15) is 52.4 Å².